The highest BCUT2D eigenvalue weighted by atomic mass is 32.2. The Morgan fingerprint density at radius 2 is 2.24 bits per heavy atom. The summed E-state index contributed by atoms with van der Waals surface area (Å²) >= 11 is 1.36. The lowest BCUT2D eigenvalue weighted by atomic mass is 10.1. The predicted molar refractivity (Wildman–Crippen MR) is 82.2 cm³/mol. The number of benzene rings is 1. The number of aldehydes is 1. The van der Waals surface area contributed by atoms with Crippen molar-refractivity contribution in [2.45, 2.75) is 30.7 Å². The molecule has 21 heavy (non-hydrogen) atoms. The lowest BCUT2D eigenvalue weighted by Gasteiger charge is -2.10. The molecule has 1 aromatic carbocycles. The molecular weight excluding hydrogens is 287 g/mol. The number of hydrogen-bond donors (Lipinski definition) is 0. The molecule has 110 valence electrons. The summed E-state index contributed by atoms with van der Waals surface area (Å²) in [5.74, 6) is 0.370. The van der Waals surface area contributed by atoms with Crippen molar-refractivity contribution in [1.29, 1.82) is 0 Å². The van der Waals surface area contributed by atoms with Crippen LogP contribution in [0.4, 0.5) is 4.39 Å². The van der Waals surface area contributed by atoms with Gasteiger partial charge < -0.3 is 0 Å². The van der Waals surface area contributed by atoms with Crippen molar-refractivity contribution < 1.29 is 9.18 Å². The van der Waals surface area contributed by atoms with Crippen molar-refractivity contribution in [2.24, 2.45) is 5.92 Å². The van der Waals surface area contributed by atoms with E-state index < -0.39 is 0 Å². The molecular formula is C16H17FN2OS. The quantitative estimate of drug-likeness (QED) is 0.613. The van der Waals surface area contributed by atoms with Crippen LogP contribution in [0.25, 0.3) is 11.3 Å². The summed E-state index contributed by atoms with van der Waals surface area (Å²) in [6.45, 7) is 2.11. The number of thioether (sulfide) groups is 1. The first-order chi connectivity index (χ1) is 10.1. The molecule has 0 radical (unpaired) electrons. The van der Waals surface area contributed by atoms with Gasteiger partial charge in [-0.15, -0.1) is 11.8 Å². The van der Waals surface area contributed by atoms with Crippen molar-refractivity contribution in [3.05, 3.63) is 35.8 Å². The fourth-order valence-corrected chi connectivity index (χ4v) is 2.99. The van der Waals surface area contributed by atoms with Crippen LogP contribution in [0.15, 0.2) is 29.3 Å². The minimum Gasteiger partial charge on any atom is -0.298 e. The molecule has 0 aliphatic heterocycles. The van der Waals surface area contributed by atoms with Gasteiger partial charge in [0.05, 0.1) is 11.6 Å². The van der Waals surface area contributed by atoms with Gasteiger partial charge >= 0.3 is 0 Å². The highest BCUT2D eigenvalue weighted by Crippen LogP contribution is 2.39. The van der Waals surface area contributed by atoms with Crippen LogP contribution in [0.2, 0.25) is 0 Å². The zero-order valence-corrected chi connectivity index (χ0v) is 12.9. The Balaban J connectivity index is 2.00. The van der Waals surface area contributed by atoms with E-state index in [1.54, 1.807) is 12.3 Å². The van der Waals surface area contributed by atoms with Gasteiger partial charge in [-0.05, 0) is 44.1 Å². The van der Waals surface area contributed by atoms with Crippen molar-refractivity contribution >= 4 is 18.0 Å². The first-order valence-corrected chi connectivity index (χ1v) is 8.24. The summed E-state index contributed by atoms with van der Waals surface area (Å²) < 4.78 is 15.8. The Labute approximate surface area is 127 Å². The van der Waals surface area contributed by atoms with Crippen LogP contribution >= 0.6 is 11.8 Å². The van der Waals surface area contributed by atoms with Gasteiger partial charge in [0, 0.05) is 16.7 Å². The van der Waals surface area contributed by atoms with Crippen molar-refractivity contribution in [3.63, 3.8) is 0 Å². The van der Waals surface area contributed by atoms with E-state index in [2.05, 4.69) is 12.0 Å². The zero-order valence-electron chi connectivity index (χ0n) is 12.0. The monoisotopic (exact) mass is 304 g/mol. The molecule has 1 atom stereocenters. The highest BCUT2D eigenvalue weighted by Gasteiger charge is 2.30. The fourth-order valence-electron chi connectivity index (χ4n) is 2.53. The third-order valence-electron chi connectivity index (χ3n) is 4.03. The average Bonchev–Trinajstić information content (AvgIpc) is 3.25. The summed E-state index contributed by atoms with van der Waals surface area (Å²) in [4.78, 5) is 11.9. The second kappa shape index (κ2) is 5.64. The number of carbonyl (C=O) groups excluding carboxylic acids is 1. The maximum atomic E-state index is 13.9. The molecule has 2 aromatic rings. The Hall–Kier alpha value is -1.62. The maximum absolute atomic E-state index is 13.9. The molecule has 1 aliphatic carbocycles. The highest BCUT2D eigenvalue weighted by molar-refractivity contribution is 7.98. The summed E-state index contributed by atoms with van der Waals surface area (Å²) in [6, 6.07) is 5.28. The van der Waals surface area contributed by atoms with E-state index >= 15 is 0 Å². The van der Waals surface area contributed by atoms with Gasteiger partial charge in [0.1, 0.15) is 11.5 Å². The van der Waals surface area contributed by atoms with Crippen molar-refractivity contribution in [3.8, 4) is 11.3 Å². The van der Waals surface area contributed by atoms with Crippen LogP contribution < -0.4 is 0 Å². The van der Waals surface area contributed by atoms with E-state index in [0.29, 0.717) is 27.6 Å². The number of rotatable bonds is 5. The molecule has 1 saturated carbocycles. The lowest BCUT2D eigenvalue weighted by molar-refractivity contribution is 0.112. The van der Waals surface area contributed by atoms with Crippen LogP contribution in [0.5, 0.6) is 0 Å². The van der Waals surface area contributed by atoms with Crippen molar-refractivity contribution in [1.82, 2.24) is 9.78 Å². The topological polar surface area (TPSA) is 34.9 Å². The van der Waals surface area contributed by atoms with Gasteiger partial charge in [-0.1, -0.05) is 6.07 Å². The third-order valence-corrected chi connectivity index (χ3v) is 4.80. The van der Waals surface area contributed by atoms with Crippen molar-refractivity contribution in [2.75, 3.05) is 6.26 Å². The number of carbonyl (C=O) groups is 1. The molecule has 0 amide bonds. The van der Waals surface area contributed by atoms with E-state index in [0.717, 1.165) is 6.29 Å². The fraction of sp³-hybridized carbons (Fsp3) is 0.375. The van der Waals surface area contributed by atoms with Gasteiger partial charge in [0.2, 0.25) is 0 Å². The summed E-state index contributed by atoms with van der Waals surface area (Å²) in [5, 5.41) is 4.52. The minimum atomic E-state index is -0.276. The molecule has 3 nitrogen and oxygen atoms in total. The Kier molecular flexibility index (Phi) is 3.85. The van der Waals surface area contributed by atoms with Gasteiger partial charge in [0.15, 0.2) is 6.29 Å². The van der Waals surface area contributed by atoms with Crippen LogP contribution in [0.1, 0.15) is 36.2 Å². The summed E-state index contributed by atoms with van der Waals surface area (Å²) in [6.07, 6.45) is 6.82. The molecule has 0 bridgehead atoms. The molecule has 5 heteroatoms. The van der Waals surface area contributed by atoms with Crippen LogP contribution in [-0.2, 0) is 0 Å². The van der Waals surface area contributed by atoms with E-state index in [1.165, 1.54) is 30.7 Å². The number of hydrogen-bond acceptors (Lipinski definition) is 3. The van der Waals surface area contributed by atoms with E-state index in [4.69, 9.17) is 0 Å². The van der Waals surface area contributed by atoms with Gasteiger partial charge in [-0.25, -0.2) is 4.39 Å². The Morgan fingerprint density at radius 3 is 2.81 bits per heavy atom. The van der Waals surface area contributed by atoms with Gasteiger partial charge in [-0.2, -0.15) is 5.10 Å². The molecule has 1 aromatic heterocycles. The van der Waals surface area contributed by atoms with E-state index in [-0.39, 0.29) is 11.9 Å². The van der Waals surface area contributed by atoms with E-state index in [1.807, 2.05) is 17.0 Å². The number of halogens is 1. The normalized spacial score (nSPS) is 16.0. The van der Waals surface area contributed by atoms with Crippen LogP contribution in [-0.4, -0.2) is 22.3 Å². The predicted octanol–water partition coefficient (Wildman–Crippen LogP) is 4.19. The first kappa shape index (κ1) is 14.3. The van der Waals surface area contributed by atoms with Crippen LogP contribution in [0, 0.1) is 11.7 Å². The molecule has 0 spiro atoms. The number of nitrogens with zero attached hydrogens (tertiary/aromatic N) is 2. The SMILES string of the molecule is CSc1ccc(-c2nn(C(C)C3CC3)cc2C=O)cc1F. The second-order valence-corrected chi connectivity index (χ2v) is 6.31. The first-order valence-electron chi connectivity index (χ1n) is 7.02. The third kappa shape index (κ3) is 2.75. The molecule has 3 rings (SSSR count). The average molecular weight is 304 g/mol. The van der Waals surface area contributed by atoms with Crippen LogP contribution in [0.3, 0.4) is 0 Å². The molecule has 1 unspecified atom stereocenters. The smallest absolute Gasteiger partial charge is 0.153 e. The van der Waals surface area contributed by atoms with Gasteiger partial charge in [-0.3, -0.25) is 9.48 Å². The molecule has 1 heterocycles. The largest absolute Gasteiger partial charge is 0.298 e. The summed E-state index contributed by atoms with van der Waals surface area (Å²) in [5.41, 5.74) is 1.72. The molecule has 0 N–H and O–H groups in total. The zero-order chi connectivity index (χ0) is 15.0. The molecule has 1 fully saturated rings. The van der Waals surface area contributed by atoms with E-state index in [9.17, 15) is 9.18 Å². The summed E-state index contributed by atoms with van der Waals surface area (Å²) in [7, 11) is 0. The van der Waals surface area contributed by atoms with Gasteiger partial charge in [0.25, 0.3) is 0 Å². The molecule has 1 aliphatic rings. The Morgan fingerprint density at radius 1 is 1.48 bits per heavy atom. The standard InChI is InChI=1S/C16H17FN2OS/c1-10(11-3-4-11)19-8-13(9-20)16(18-19)12-5-6-15(21-2)14(17)7-12/h5-11H,3-4H2,1-2H3. The lowest BCUT2D eigenvalue weighted by Crippen LogP contribution is -2.07. The minimum absolute atomic E-state index is 0.276. The second-order valence-electron chi connectivity index (χ2n) is 5.46. The number of aromatic nitrogens is 2. The maximum Gasteiger partial charge on any atom is 0.153 e. The molecule has 0 saturated heterocycles. The Bertz CT molecular complexity index is 679.